The first-order chi connectivity index (χ1) is 12.0. The summed E-state index contributed by atoms with van der Waals surface area (Å²) in [6.45, 7) is 5.79. The average Bonchev–Trinajstić information content (AvgIpc) is 2.62. The van der Waals surface area contributed by atoms with Crippen molar-refractivity contribution in [1.29, 1.82) is 0 Å². The molecule has 1 N–H and O–H groups in total. The van der Waals surface area contributed by atoms with Crippen molar-refractivity contribution in [3.05, 3.63) is 64.0 Å². The molecule has 1 atom stereocenters. The molecule has 0 bridgehead atoms. The topological polar surface area (TPSA) is 64.0 Å². The number of hydrogen-bond acceptors (Lipinski definition) is 4. The number of rotatable bonds is 5. The van der Waals surface area contributed by atoms with Gasteiger partial charge in [-0.1, -0.05) is 49.0 Å². The summed E-state index contributed by atoms with van der Waals surface area (Å²) in [6, 6.07) is 8.11. The molecule has 1 amide bonds. The smallest absolute Gasteiger partial charge is 0.279 e. The Balaban J connectivity index is 2.10. The molecule has 1 aromatic heterocycles. The highest BCUT2D eigenvalue weighted by Crippen LogP contribution is 2.35. The Kier molecular flexibility index (Phi) is 5.08. The van der Waals surface area contributed by atoms with E-state index in [1.54, 1.807) is 10.6 Å². The fraction of sp³-hybridized carbons (Fsp3) is 0.316. The van der Waals surface area contributed by atoms with E-state index in [0.29, 0.717) is 22.3 Å². The molecular formula is C19H21N3O2S. The molecule has 1 unspecified atom stereocenters. The maximum absolute atomic E-state index is 12.7. The van der Waals surface area contributed by atoms with Gasteiger partial charge in [-0.2, -0.15) is 4.98 Å². The van der Waals surface area contributed by atoms with E-state index in [4.69, 9.17) is 0 Å². The highest BCUT2D eigenvalue weighted by Gasteiger charge is 2.31. The quantitative estimate of drug-likeness (QED) is 0.508. The van der Waals surface area contributed by atoms with Gasteiger partial charge < -0.3 is 9.88 Å². The second-order valence-electron chi connectivity index (χ2n) is 6.02. The number of carbonyl (C=O) groups is 1. The van der Waals surface area contributed by atoms with E-state index in [9.17, 15) is 9.59 Å². The SMILES string of the molecule is C=CCSc1nc(=O)c2c(n1C)NC(=O)CC2c1ccc(CC)cc1. The number of aryl methyl sites for hydroxylation is 1. The van der Waals surface area contributed by atoms with Gasteiger partial charge in [0.1, 0.15) is 5.82 Å². The van der Waals surface area contributed by atoms with E-state index in [1.807, 2.05) is 31.3 Å². The zero-order valence-corrected chi connectivity index (χ0v) is 15.2. The first-order valence-corrected chi connectivity index (χ1v) is 9.27. The van der Waals surface area contributed by atoms with Gasteiger partial charge in [0.05, 0.1) is 5.56 Å². The van der Waals surface area contributed by atoms with Gasteiger partial charge in [-0.15, -0.1) is 6.58 Å². The summed E-state index contributed by atoms with van der Waals surface area (Å²) < 4.78 is 1.79. The Bertz CT molecular complexity index is 871. The van der Waals surface area contributed by atoms with E-state index < -0.39 is 0 Å². The Hall–Kier alpha value is -2.34. The first kappa shape index (κ1) is 17.5. The Morgan fingerprint density at radius 1 is 1.36 bits per heavy atom. The van der Waals surface area contributed by atoms with Crippen LogP contribution in [0.1, 0.15) is 36.0 Å². The lowest BCUT2D eigenvalue weighted by Gasteiger charge is -2.27. The van der Waals surface area contributed by atoms with Crippen LogP contribution in [0.4, 0.5) is 5.82 Å². The van der Waals surface area contributed by atoms with Crippen LogP contribution in [0.5, 0.6) is 0 Å². The van der Waals surface area contributed by atoms with Crippen LogP contribution in [0.2, 0.25) is 0 Å². The molecule has 25 heavy (non-hydrogen) atoms. The van der Waals surface area contributed by atoms with E-state index in [2.05, 4.69) is 23.8 Å². The molecule has 130 valence electrons. The molecule has 0 fully saturated rings. The molecule has 6 heteroatoms. The van der Waals surface area contributed by atoms with Gasteiger partial charge in [-0.05, 0) is 17.5 Å². The normalized spacial score (nSPS) is 16.2. The van der Waals surface area contributed by atoms with Crippen LogP contribution < -0.4 is 10.9 Å². The summed E-state index contributed by atoms with van der Waals surface area (Å²) in [5, 5.41) is 3.43. The van der Waals surface area contributed by atoms with Crippen molar-refractivity contribution >= 4 is 23.5 Å². The van der Waals surface area contributed by atoms with Crippen LogP contribution >= 0.6 is 11.8 Å². The van der Waals surface area contributed by atoms with Crippen molar-refractivity contribution in [2.24, 2.45) is 7.05 Å². The molecule has 0 radical (unpaired) electrons. The lowest BCUT2D eigenvalue weighted by Crippen LogP contribution is -2.33. The number of nitrogens with zero attached hydrogens (tertiary/aromatic N) is 2. The maximum atomic E-state index is 12.7. The summed E-state index contributed by atoms with van der Waals surface area (Å²) in [4.78, 5) is 29.2. The number of hydrogen-bond donors (Lipinski definition) is 1. The van der Waals surface area contributed by atoms with E-state index in [1.165, 1.54) is 17.3 Å². The van der Waals surface area contributed by atoms with Crippen LogP contribution in [0.25, 0.3) is 0 Å². The van der Waals surface area contributed by atoms with Crippen molar-refractivity contribution < 1.29 is 4.79 Å². The number of anilines is 1. The van der Waals surface area contributed by atoms with Gasteiger partial charge >= 0.3 is 0 Å². The summed E-state index contributed by atoms with van der Waals surface area (Å²) in [7, 11) is 1.82. The number of carbonyl (C=O) groups excluding carboxylic acids is 1. The van der Waals surface area contributed by atoms with Crippen molar-refractivity contribution in [2.45, 2.75) is 30.8 Å². The minimum atomic E-state index is -0.274. The number of fused-ring (bicyclic) bond motifs is 1. The zero-order valence-electron chi connectivity index (χ0n) is 14.4. The molecule has 0 saturated heterocycles. The summed E-state index contributed by atoms with van der Waals surface area (Å²) in [5.41, 5.74) is 2.49. The van der Waals surface area contributed by atoms with Gasteiger partial charge in [-0.25, -0.2) is 0 Å². The molecule has 0 aliphatic carbocycles. The second-order valence-corrected chi connectivity index (χ2v) is 7.01. The van der Waals surface area contributed by atoms with Crippen LogP contribution in [0.15, 0.2) is 46.9 Å². The lowest BCUT2D eigenvalue weighted by atomic mass is 9.86. The standard InChI is InChI=1S/C19H21N3O2S/c1-4-10-25-19-21-18(24)16-14(11-15(23)20-17(16)22(19)3)13-8-6-12(5-2)7-9-13/h4,6-9,14H,1,5,10-11H2,2-3H3,(H,20,23). The van der Waals surface area contributed by atoms with Gasteiger partial charge in [-0.3, -0.25) is 9.59 Å². The van der Waals surface area contributed by atoms with Gasteiger partial charge in [0, 0.05) is 25.1 Å². The van der Waals surface area contributed by atoms with Crippen molar-refractivity contribution in [3.8, 4) is 0 Å². The zero-order chi connectivity index (χ0) is 18.0. The van der Waals surface area contributed by atoms with Crippen molar-refractivity contribution in [2.75, 3.05) is 11.1 Å². The number of amides is 1. The Labute approximate surface area is 151 Å². The van der Waals surface area contributed by atoms with E-state index in [0.717, 1.165) is 12.0 Å². The van der Waals surface area contributed by atoms with Crippen LogP contribution in [0.3, 0.4) is 0 Å². The molecule has 5 nitrogen and oxygen atoms in total. The summed E-state index contributed by atoms with van der Waals surface area (Å²) in [6.07, 6.45) is 2.97. The largest absolute Gasteiger partial charge is 0.312 e. The minimum Gasteiger partial charge on any atom is -0.312 e. The van der Waals surface area contributed by atoms with Gasteiger partial charge in [0.15, 0.2) is 5.16 Å². The molecule has 1 aromatic carbocycles. The molecular weight excluding hydrogens is 334 g/mol. The second kappa shape index (κ2) is 7.27. The highest BCUT2D eigenvalue weighted by atomic mass is 32.2. The van der Waals surface area contributed by atoms with Crippen LogP contribution in [0, 0.1) is 0 Å². The molecule has 3 rings (SSSR count). The number of nitrogens with one attached hydrogen (secondary N) is 1. The lowest BCUT2D eigenvalue weighted by molar-refractivity contribution is -0.116. The number of thioether (sulfide) groups is 1. The predicted molar refractivity (Wildman–Crippen MR) is 101 cm³/mol. The molecule has 0 spiro atoms. The molecule has 2 heterocycles. The molecule has 1 aliphatic rings. The predicted octanol–water partition coefficient (Wildman–Crippen LogP) is 3.09. The minimum absolute atomic E-state index is 0.0852. The third kappa shape index (κ3) is 3.39. The first-order valence-electron chi connectivity index (χ1n) is 8.28. The monoisotopic (exact) mass is 355 g/mol. The highest BCUT2D eigenvalue weighted by molar-refractivity contribution is 7.99. The average molecular weight is 355 g/mol. The summed E-state index contributed by atoms with van der Waals surface area (Å²) >= 11 is 1.42. The van der Waals surface area contributed by atoms with Gasteiger partial charge in [0.25, 0.3) is 5.56 Å². The third-order valence-electron chi connectivity index (χ3n) is 4.42. The van der Waals surface area contributed by atoms with Crippen LogP contribution in [-0.2, 0) is 18.3 Å². The molecule has 1 aliphatic heterocycles. The Morgan fingerprint density at radius 3 is 2.72 bits per heavy atom. The van der Waals surface area contributed by atoms with Crippen molar-refractivity contribution in [3.63, 3.8) is 0 Å². The Morgan fingerprint density at radius 2 is 2.08 bits per heavy atom. The third-order valence-corrected chi connectivity index (χ3v) is 5.45. The van der Waals surface area contributed by atoms with E-state index in [-0.39, 0.29) is 23.8 Å². The summed E-state index contributed by atoms with van der Waals surface area (Å²) in [5.74, 6) is 0.846. The molecule has 2 aromatic rings. The number of benzene rings is 1. The van der Waals surface area contributed by atoms with Crippen molar-refractivity contribution in [1.82, 2.24) is 9.55 Å². The number of aromatic nitrogens is 2. The molecule has 0 saturated carbocycles. The van der Waals surface area contributed by atoms with E-state index >= 15 is 0 Å². The fourth-order valence-electron chi connectivity index (χ4n) is 3.07. The maximum Gasteiger partial charge on any atom is 0.279 e. The van der Waals surface area contributed by atoms with Crippen LogP contribution in [-0.4, -0.2) is 21.2 Å². The fourth-order valence-corrected chi connectivity index (χ4v) is 3.77. The van der Waals surface area contributed by atoms with Gasteiger partial charge in [0.2, 0.25) is 5.91 Å².